The van der Waals surface area contributed by atoms with Gasteiger partial charge >= 0.3 is 0 Å². The van der Waals surface area contributed by atoms with Gasteiger partial charge in [0.1, 0.15) is 5.65 Å². The summed E-state index contributed by atoms with van der Waals surface area (Å²) in [5.74, 6) is 0. The quantitative estimate of drug-likeness (QED) is 0.189. The second-order valence-electron chi connectivity index (χ2n) is 12.3. The van der Waals surface area contributed by atoms with Gasteiger partial charge in [0.15, 0.2) is 0 Å². The number of benzene rings is 7. The maximum Gasteiger partial charge on any atom is 0.146 e. The SMILES string of the molecule is c1ccc(C2(c3ccccc3)c3ccccc3-c3ccc(-c4ccc5c(c4)c4ccccc4n4c6ccccc6nc54)cc32)cc1. The maximum atomic E-state index is 5.12. The molecule has 10 rings (SSSR count). The predicted molar refractivity (Wildman–Crippen MR) is 190 cm³/mol. The van der Waals surface area contributed by atoms with Crippen molar-refractivity contribution in [3.8, 4) is 22.3 Å². The molecule has 2 heterocycles. The normalized spacial score (nSPS) is 13.4. The summed E-state index contributed by atoms with van der Waals surface area (Å²) in [5, 5.41) is 3.61. The van der Waals surface area contributed by atoms with Gasteiger partial charge in [0.2, 0.25) is 0 Å². The van der Waals surface area contributed by atoms with Crippen LogP contribution in [0.1, 0.15) is 22.3 Å². The number of hydrogen-bond donors (Lipinski definition) is 0. The molecule has 0 spiro atoms. The van der Waals surface area contributed by atoms with Gasteiger partial charge in [-0.1, -0.05) is 133 Å². The highest BCUT2D eigenvalue weighted by atomic mass is 15.0. The highest BCUT2D eigenvalue weighted by Gasteiger charge is 2.46. The number of pyridine rings is 1. The van der Waals surface area contributed by atoms with Crippen LogP contribution in [-0.2, 0) is 5.41 Å². The molecule has 0 bridgehead atoms. The van der Waals surface area contributed by atoms with Gasteiger partial charge in [-0.3, -0.25) is 4.40 Å². The van der Waals surface area contributed by atoms with Crippen molar-refractivity contribution in [2.24, 2.45) is 0 Å². The summed E-state index contributed by atoms with van der Waals surface area (Å²) < 4.78 is 2.31. The number of rotatable bonds is 3. The molecule has 1 aliphatic rings. The monoisotopic (exact) mass is 584 g/mol. The average molecular weight is 585 g/mol. The van der Waals surface area contributed by atoms with Gasteiger partial charge in [-0.05, 0) is 86.3 Å². The Balaban J connectivity index is 1.26. The molecule has 46 heavy (non-hydrogen) atoms. The van der Waals surface area contributed by atoms with Crippen molar-refractivity contribution in [2.75, 3.05) is 0 Å². The van der Waals surface area contributed by atoms with E-state index in [1.165, 1.54) is 60.8 Å². The van der Waals surface area contributed by atoms with Crippen molar-refractivity contribution in [3.63, 3.8) is 0 Å². The second-order valence-corrected chi connectivity index (χ2v) is 12.3. The Kier molecular flexibility index (Phi) is 5.24. The van der Waals surface area contributed by atoms with Crippen LogP contribution in [0.5, 0.6) is 0 Å². The Hall–Kier alpha value is -5.99. The van der Waals surface area contributed by atoms with Gasteiger partial charge < -0.3 is 0 Å². The minimum Gasteiger partial charge on any atom is -0.292 e. The highest BCUT2D eigenvalue weighted by Crippen LogP contribution is 2.56. The van der Waals surface area contributed by atoms with Crippen molar-refractivity contribution in [2.45, 2.75) is 5.41 Å². The molecule has 0 atom stereocenters. The molecule has 0 saturated heterocycles. The zero-order valence-corrected chi connectivity index (χ0v) is 25.1. The average Bonchev–Trinajstić information content (AvgIpc) is 3.67. The number of imidazole rings is 1. The van der Waals surface area contributed by atoms with Gasteiger partial charge in [-0.15, -0.1) is 0 Å². The molecule has 9 aromatic rings. The molecule has 0 saturated carbocycles. The molecule has 0 fully saturated rings. The number of fused-ring (bicyclic) bond motifs is 11. The summed E-state index contributed by atoms with van der Waals surface area (Å²) in [6.45, 7) is 0. The Bertz CT molecular complexity index is 2590. The van der Waals surface area contributed by atoms with Gasteiger partial charge in [0, 0.05) is 10.8 Å². The van der Waals surface area contributed by atoms with Gasteiger partial charge in [0.25, 0.3) is 0 Å². The van der Waals surface area contributed by atoms with Crippen LogP contribution in [0, 0.1) is 0 Å². The third-order valence-electron chi connectivity index (χ3n) is 10.0. The van der Waals surface area contributed by atoms with Crippen LogP contribution in [0.3, 0.4) is 0 Å². The number of nitrogens with zero attached hydrogens (tertiary/aromatic N) is 2. The van der Waals surface area contributed by atoms with Crippen molar-refractivity contribution in [3.05, 3.63) is 192 Å². The van der Waals surface area contributed by atoms with E-state index < -0.39 is 5.41 Å². The summed E-state index contributed by atoms with van der Waals surface area (Å²) in [4.78, 5) is 5.12. The lowest BCUT2D eigenvalue weighted by Gasteiger charge is -2.34. The van der Waals surface area contributed by atoms with Crippen molar-refractivity contribution >= 4 is 38.4 Å². The third kappa shape index (κ3) is 3.33. The largest absolute Gasteiger partial charge is 0.292 e. The minimum atomic E-state index is -0.421. The first-order valence-electron chi connectivity index (χ1n) is 15.9. The van der Waals surface area contributed by atoms with Crippen LogP contribution in [0.2, 0.25) is 0 Å². The van der Waals surface area contributed by atoms with E-state index in [9.17, 15) is 0 Å². The van der Waals surface area contributed by atoms with E-state index in [0.29, 0.717) is 0 Å². The smallest absolute Gasteiger partial charge is 0.146 e. The number of aromatic nitrogens is 2. The lowest BCUT2D eigenvalue weighted by Crippen LogP contribution is -2.28. The molecular weight excluding hydrogens is 556 g/mol. The van der Waals surface area contributed by atoms with E-state index in [0.717, 1.165) is 22.1 Å². The van der Waals surface area contributed by atoms with Crippen LogP contribution in [0.4, 0.5) is 0 Å². The number of hydrogen-bond acceptors (Lipinski definition) is 1. The van der Waals surface area contributed by atoms with E-state index in [1.807, 2.05) is 0 Å². The molecule has 2 aromatic heterocycles. The zero-order chi connectivity index (χ0) is 30.2. The first kappa shape index (κ1) is 25.3. The van der Waals surface area contributed by atoms with E-state index in [4.69, 9.17) is 4.98 Å². The Morgan fingerprint density at radius 2 is 1.02 bits per heavy atom. The maximum absolute atomic E-state index is 5.12. The van der Waals surface area contributed by atoms with Crippen LogP contribution >= 0.6 is 0 Å². The lowest BCUT2D eigenvalue weighted by molar-refractivity contribution is 0.769. The van der Waals surface area contributed by atoms with Crippen LogP contribution in [0.25, 0.3) is 60.6 Å². The van der Waals surface area contributed by atoms with Crippen molar-refractivity contribution in [1.29, 1.82) is 0 Å². The summed E-state index contributed by atoms with van der Waals surface area (Å²) in [6, 6.07) is 62.1. The molecule has 0 amide bonds. The van der Waals surface area contributed by atoms with E-state index in [1.54, 1.807) is 0 Å². The molecule has 2 nitrogen and oxygen atoms in total. The minimum absolute atomic E-state index is 0.421. The number of para-hydroxylation sites is 3. The molecule has 7 aromatic carbocycles. The zero-order valence-electron chi connectivity index (χ0n) is 25.1. The molecule has 1 aliphatic carbocycles. The standard InChI is InChI=1S/C44H28N2/c1-3-13-31(14-4-1)44(32-15-5-2-6-16-32)38-19-9-7-17-33(38)34-25-23-30(28-39(34)44)29-24-26-36-37(27-29)35-18-8-11-21-41(35)46-42-22-12-10-20-40(42)45-43(36)46/h1-28H. The van der Waals surface area contributed by atoms with E-state index in [-0.39, 0.29) is 0 Å². The van der Waals surface area contributed by atoms with Crippen LogP contribution in [-0.4, -0.2) is 9.38 Å². The van der Waals surface area contributed by atoms with Crippen LogP contribution in [0.15, 0.2) is 170 Å². The fourth-order valence-electron chi connectivity index (χ4n) is 8.11. The third-order valence-corrected chi connectivity index (χ3v) is 10.0. The highest BCUT2D eigenvalue weighted by molar-refractivity contribution is 6.14. The van der Waals surface area contributed by atoms with Gasteiger partial charge in [-0.25, -0.2) is 4.98 Å². The van der Waals surface area contributed by atoms with Crippen molar-refractivity contribution < 1.29 is 0 Å². The Morgan fingerprint density at radius 1 is 0.413 bits per heavy atom. The Morgan fingerprint density at radius 3 is 1.83 bits per heavy atom. The molecule has 0 N–H and O–H groups in total. The second kappa shape index (κ2) is 9.50. The molecule has 0 radical (unpaired) electrons. The fourth-order valence-corrected chi connectivity index (χ4v) is 8.11. The predicted octanol–water partition coefficient (Wildman–Crippen LogP) is 10.8. The summed E-state index contributed by atoms with van der Waals surface area (Å²) in [6.07, 6.45) is 0. The summed E-state index contributed by atoms with van der Waals surface area (Å²) >= 11 is 0. The molecule has 214 valence electrons. The van der Waals surface area contributed by atoms with E-state index >= 15 is 0 Å². The van der Waals surface area contributed by atoms with Crippen molar-refractivity contribution in [1.82, 2.24) is 9.38 Å². The van der Waals surface area contributed by atoms with Gasteiger partial charge in [-0.2, -0.15) is 0 Å². The molecule has 0 unspecified atom stereocenters. The lowest BCUT2D eigenvalue weighted by atomic mass is 9.67. The fraction of sp³-hybridized carbons (Fsp3) is 0.0227. The summed E-state index contributed by atoms with van der Waals surface area (Å²) in [5.41, 5.74) is 14.1. The summed E-state index contributed by atoms with van der Waals surface area (Å²) in [7, 11) is 0. The van der Waals surface area contributed by atoms with E-state index in [2.05, 4.69) is 174 Å². The first-order chi connectivity index (χ1) is 22.8. The molecule has 2 heteroatoms. The van der Waals surface area contributed by atoms with Crippen LogP contribution < -0.4 is 0 Å². The van der Waals surface area contributed by atoms with Gasteiger partial charge in [0.05, 0.1) is 22.0 Å². The molecule has 0 aliphatic heterocycles. The Labute approximate surface area is 266 Å². The molecular formula is C44H28N2. The topological polar surface area (TPSA) is 17.3 Å². The first-order valence-corrected chi connectivity index (χ1v) is 15.9.